The molecule has 29 heavy (non-hydrogen) atoms. The molecule has 0 aliphatic carbocycles. The fourth-order valence-corrected chi connectivity index (χ4v) is 4.10. The molecule has 0 saturated carbocycles. The van der Waals surface area contributed by atoms with Crippen LogP contribution in [0.15, 0.2) is 72.8 Å². The highest BCUT2D eigenvalue weighted by Gasteiger charge is 2.20. The molecule has 0 saturated heterocycles. The van der Waals surface area contributed by atoms with Crippen molar-refractivity contribution in [1.82, 2.24) is 4.98 Å². The number of aryl methyl sites for hydroxylation is 1. The van der Waals surface area contributed by atoms with Crippen molar-refractivity contribution in [2.45, 2.75) is 19.9 Å². The van der Waals surface area contributed by atoms with Gasteiger partial charge in [-0.2, -0.15) is 0 Å². The van der Waals surface area contributed by atoms with Gasteiger partial charge >= 0.3 is 0 Å². The Morgan fingerprint density at radius 3 is 2.48 bits per heavy atom. The molecule has 1 amide bonds. The van der Waals surface area contributed by atoms with E-state index < -0.39 is 0 Å². The lowest BCUT2D eigenvalue weighted by molar-refractivity contribution is -0.118. The van der Waals surface area contributed by atoms with Gasteiger partial charge in [-0.05, 0) is 30.2 Å². The molecule has 0 radical (unpaired) electrons. The summed E-state index contributed by atoms with van der Waals surface area (Å²) in [5.41, 5.74) is 4.09. The average molecular weight is 403 g/mol. The van der Waals surface area contributed by atoms with E-state index in [-0.39, 0.29) is 5.91 Å². The van der Waals surface area contributed by atoms with Gasteiger partial charge in [0.15, 0.2) is 5.13 Å². The van der Waals surface area contributed by atoms with Gasteiger partial charge in [0, 0.05) is 6.07 Å². The Morgan fingerprint density at radius 2 is 1.76 bits per heavy atom. The molecule has 4 rings (SSSR count). The molecule has 0 aliphatic heterocycles. The normalized spacial score (nSPS) is 10.8. The van der Waals surface area contributed by atoms with Crippen molar-refractivity contribution < 1.29 is 9.53 Å². The predicted molar refractivity (Wildman–Crippen MR) is 119 cm³/mol. The van der Waals surface area contributed by atoms with Crippen LogP contribution in [0, 0.1) is 6.92 Å². The second-order valence-corrected chi connectivity index (χ2v) is 7.97. The summed E-state index contributed by atoms with van der Waals surface area (Å²) in [5.74, 6) is 0.790. The van der Waals surface area contributed by atoms with Gasteiger partial charge in [-0.1, -0.05) is 71.5 Å². The zero-order valence-electron chi connectivity index (χ0n) is 16.5. The van der Waals surface area contributed by atoms with Crippen LogP contribution in [0.4, 0.5) is 5.13 Å². The highest BCUT2D eigenvalue weighted by Crippen LogP contribution is 2.32. The average Bonchev–Trinajstić information content (AvgIpc) is 3.17. The molecule has 3 aromatic carbocycles. The first-order chi connectivity index (χ1) is 14.1. The van der Waals surface area contributed by atoms with E-state index in [4.69, 9.17) is 9.72 Å². The lowest BCUT2D eigenvalue weighted by atomic mass is 10.1. The molecule has 1 aromatic heterocycles. The number of carbonyl (C=O) groups is 1. The fraction of sp³-hybridized carbons (Fsp3) is 0.167. The van der Waals surface area contributed by atoms with Crippen molar-refractivity contribution in [1.29, 1.82) is 0 Å². The lowest BCUT2D eigenvalue weighted by Crippen LogP contribution is -2.31. The van der Waals surface area contributed by atoms with Gasteiger partial charge in [0.1, 0.15) is 5.75 Å². The van der Waals surface area contributed by atoms with Crippen molar-refractivity contribution in [3.8, 4) is 5.75 Å². The van der Waals surface area contributed by atoms with E-state index in [1.165, 1.54) is 16.9 Å². The maximum Gasteiger partial charge on any atom is 0.233 e. The number of hydrogen-bond donors (Lipinski definition) is 0. The third kappa shape index (κ3) is 4.46. The van der Waals surface area contributed by atoms with Crippen LogP contribution in [-0.2, 0) is 17.8 Å². The molecule has 5 heteroatoms. The molecule has 0 atom stereocenters. The van der Waals surface area contributed by atoms with Crippen LogP contribution in [0.3, 0.4) is 0 Å². The maximum atomic E-state index is 13.3. The summed E-state index contributed by atoms with van der Waals surface area (Å²) in [5, 5.41) is 0.703. The molecule has 0 fully saturated rings. The van der Waals surface area contributed by atoms with Crippen LogP contribution in [0.5, 0.6) is 5.75 Å². The number of amides is 1. The third-order valence-corrected chi connectivity index (χ3v) is 5.83. The number of fused-ring (bicyclic) bond motifs is 1. The summed E-state index contributed by atoms with van der Waals surface area (Å²) in [7, 11) is 1.64. The van der Waals surface area contributed by atoms with Crippen LogP contribution in [-0.4, -0.2) is 18.0 Å². The number of benzene rings is 3. The smallest absolute Gasteiger partial charge is 0.233 e. The Labute approximate surface area is 174 Å². The van der Waals surface area contributed by atoms with Crippen molar-refractivity contribution in [2.75, 3.05) is 12.0 Å². The molecule has 4 aromatic rings. The highest BCUT2D eigenvalue weighted by atomic mass is 32.1. The van der Waals surface area contributed by atoms with Crippen LogP contribution in [0.25, 0.3) is 10.2 Å². The molecular weight excluding hydrogens is 380 g/mol. The fourth-order valence-electron chi connectivity index (χ4n) is 3.14. The maximum absolute atomic E-state index is 13.3. The number of rotatable bonds is 6. The molecule has 1 heterocycles. The monoisotopic (exact) mass is 402 g/mol. The third-order valence-electron chi connectivity index (χ3n) is 4.77. The Kier molecular flexibility index (Phi) is 5.58. The van der Waals surface area contributed by atoms with E-state index in [1.54, 1.807) is 12.0 Å². The van der Waals surface area contributed by atoms with Crippen molar-refractivity contribution in [3.05, 3.63) is 89.5 Å². The first-order valence-electron chi connectivity index (χ1n) is 9.47. The summed E-state index contributed by atoms with van der Waals surface area (Å²) < 4.78 is 6.34. The predicted octanol–water partition coefficient (Wildman–Crippen LogP) is 5.39. The van der Waals surface area contributed by atoms with E-state index in [9.17, 15) is 4.79 Å². The zero-order valence-corrected chi connectivity index (χ0v) is 17.3. The van der Waals surface area contributed by atoms with Gasteiger partial charge in [-0.15, -0.1) is 0 Å². The first-order valence-corrected chi connectivity index (χ1v) is 10.3. The molecule has 0 spiro atoms. The van der Waals surface area contributed by atoms with Gasteiger partial charge in [-0.3, -0.25) is 9.69 Å². The van der Waals surface area contributed by atoms with E-state index in [0.717, 1.165) is 27.1 Å². The van der Waals surface area contributed by atoms with Crippen LogP contribution < -0.4 is 9.64 Å². The van der Waals surface area contributed by atoms with E-state index in [0.29, 0.717) is 18.1 Å². The summed E-state index contributed by atoms with van der Waals surface area (Å²) in [6.07, 6.45) is 0.340. The van der Waals surface area contributed by atoms with Crippen molar-refractivity contribution in [2.24, 2.45) is 0 Å². The van der Waals surface area contributed by atoms with Gasteiger partial charge < -0.3 is 4.74 Å². The Balaban J connectivity index is 1.67. The number of methoxy groups -OCH3 is 1. The summed E-state index contributed by atoms with van der Waals surface area (Å²) in [4.78, 5) is 19.8. The Bertz CT molecular complexity index is 1120. The minimum atomic E-state index is 0.0312. The molecule has 4 nitrogen and oxygen atoms in total. The number of hydrogen-bond acceptors (Lipinski definition) is 4. The molecule has 146 valence electrons. The quantitative estimate of drug-likeness (QED) is 0.434. The minimum absolute atomic E-state index is 0.0312. The number of ether oxygens (including phenoxy) is 1. The largest absolute Gasteiger partial charge is 0.497 e. The van der Waals surface area contributed by atoms with Gasteiger partial charge in [-0.25, -0.2) is 4.98 Å². The number of anilines is 1. The Morgan fingerprint density at radius 1 is 1.00 bits per heavy atom. The number of nitrogens with zero attached hydrogens (tertiary/aromatic N) is 2. The standard InChI is InChI=1S/C24H22N2O2S/c1-17-8-10-18(11-9-17)14-23(27)26(16-19-6-4-3-5-7-19)24-25-21-15-20(28-2)12-13-22(21)29-24/h3-13,15H,14,16H2,1-2H3. The molecule has 0 N–H and O–H groups in total. The number of aromatic nitrogens is 1. The molecule has 0 bridgehead atoms. The first kappa shape index (κ1) is 19.2. The number of carbonyl (C=O) groups excluding carboxylic acids is 1. The minimum Gasteiger partial charge on any atom is -0.497 e. The molecule has 0 aliphatic rings. The van der Waals surface area contributed by atoms with Crippen LogP contribution in [0.2, 0.25) is 0 Å². The van der Waals surface area contributed by atoms with E-state index >= 15 is 0 Å². The summed E-state index contributed by atoms with van der Waals surface area (Å²) >= 11 is 1.52. The van der Waals surface area contributed by atoms with Crippen LogP contribution >= 0.6 is 11.3 Å². The Hall–Kier alpha value is -3.18. The van der Waals surface area contributed by atoms with Crippen LogP contribution in [0.1, 0.15) is 16.7 Å². The van der Waals surface area contributed by atoms with Crippen molar-refractivity contribution in [3.63, 3.8) is 0 Å². The molecule has 0 unspecified atom stereocenters. The van der Waals surface area contributed by atoms with Gasteiger partial charge in [0.2, 0.25) is 5.91 Å². The highest BCUT2D eigenvalue weighted by molar-refractivity contribution is 7.22. The second-order valence-electron chi connectivity index (χ2n) is 6.96. The summed E-state index contributed by atoms with van der Waals surface area (Å²) in [6.45, 7) is 2.53. The molecular formula is C24H22N2O2S. The van der Waals surface area contributed by atoms with Gasteiger partial charge in [0.25, 0.3) is 0 Å². The summed E-state index contributed by atoms with van der Waals surface area (Å²) in [6, 6.07) is 23.9. The topological polar surface area (TPSA) is 42.4 Å². The lowest BCUT2D eigenvalue weighted by Gasteiger charge is -2.20. The van der Waals surface area contributed by atoms with E-state index in [1.807, 2.05) is 79.7 Å². The SMILES string of the molecule is COc1ccc2sc(N(Cc3ccccc3)C(=O)Cc3ccc(C)cc3)nc2c1. The second kappa shape index (κ2) is 8.45. The van der Waals surface area contributed by atoms with E-state index in [2.05, 4.69) is 0 Å². The van der Waals surface area contributed by atoms with Gasteiger partial charge in [0.05, 0.1) is 30.3 Å². The zero-order chi connectivity index (χ0) is 20.2. The van der Waals surface area contributed by atoms with Crippen molar-refractivity contribution >= 4 is 32.6 Å². The number of thiazole rings is 1.